The van der Waals surface area contributed by atoms with Gasteiger partial charge in [-0.1, -0.05) is 0 Å². The Morgan fingerprint density at radius 2 is 0.433 bits per heavy atom. The van der Waals surface area contributed by atoms with Crippen molar-refractivity contribution in [2.24, 2.45) is 0 Å². The third kappa shape index (κ3) is 73.9. The molecule has 4 aromatic heterocycles. The normalized spacial score (nSPS) is 11.9. The Balaban J connectivity index is -0.000000140. The van der Waals surface area contributed by atoms with Crippen molar-refractivity contribution in [2.75, 3.05) is 99.5 Å². The van der Waals surface area contributed by atoms with E-state index in [0.29, 0.717) is 23.5 Å². The Kier molecular flexibility index (Phi) is 36.6. The summed E-state index contributed by atoms with van der Waals surface area (Å²) in [6.07, 6.45) is 14.3. The fourth-order valence-corrected chi connectivity index (χ4v) is 2.57. The van der Waals surface area contributed by atoms with E-state index in [4.69, 9.17) is 46.4 Å². The zero-order valence-electron chi connectivity index (χ0n) is 33.2. The van der Waals surface area contributed by atoms with E-state index in [-0.39, 0.29) is 44.8 Å². The molecule has 0 amide bonds. The number of aromatic nitrogens is 4. The molecule has 0 radical (unpaired) electrons. The van der Waals surface area contributed by atoms with Gasteiger partial charge in [-0.15, -0.1) is 46.4 Å². The van der Waals surface area contributed by atoms with Crippen LogP contribution in [0.25, 0.3) is 0 Å². The van der Waals surface area contributed by atoms with E-state index in [2.05, 4.69) is 19.9 Å². The molecular weight excluding hydrogens is 1140 g/mol. The Labute approximate surface area is 394 Å². The molecule has 0 bridgehead atoms. The summed E-state index contributed by atoms with van der Waals surface area (Å²) >= 11 is 20.2. The number of hydrogen-bond donors (Lipinski definition) is 0. The largest absolute Gasteiger partial charge is 1.00 e. The molecule has 8 nitrogen and oxygen atoms in total. The predicted octanol–water partition coefficient (Wildman–Crippen LogP) is 14.3. The third-order valence-corrected chi connectivity index (χ3v) is 6.00. The van der Waals surface area contributed by atoms with Crippen molar-refractivity contribution in [1.82, 2.24) is 19.9 Å². The van der Waals surface area contributed by atoms with Crippen molar-refractivity contribution in [1.29, 1.82) is 0 Å². The molecular formula is C32H48Ag2Cl4F12N8P2. The van der Waals surface area contributed by atoms with Crippen LogP contribution in [0.5, 0.6) is 0 Å². The van der Waals surface area contributed by atoms with Gasteiger partial charge in [-0.3, -0.25) is 19.9 Å². The van der Waals surface area contributed by atoms with Gasteiger partial charge in [-0.25, -0.2) is 0 Å². The average Bonchev–Trinajstić information content (AvgIpc) is 3.11. The van der Waals surface area contributed by atoms with Gasteiger partial charge in [0.25, 0.3) is 0 Å². The molecule has 0 atom stereocenters. The van der Waals surface area contributed by atoms with Crippen LogP contribution in [0.2, 0.25) is 0 Å². The molecule has 0 aliphatic carbocycles. The standard InChI is InChI=1S/4C7H10N2.2C2H4Cl2.2Ag.2F6P/c4*1-9(2)7-3-5-8-6-4-7;2*3-1-2-4;;;2*1-7(2,3,4,5)6/h4*3-6H,1-2H3;2*1-2H2;;;;/q;;;;;;2*+1;2*-1. The molecule has 28 heteroatoms. The Morgan fingerprint density at radius 3 is 0.483 bits per heavy atom. The summed E-state index contributed by atoms with van der Waals surface area (Å²) in [7, 11) is -5.24. The fraction of sp³-hybridized carbons (Fsp3) is 0.375. The Hall–Kier alpha value is -1.54. The zero-order valence-corrected chi connectivity index (χ0v) is 41.0. The van der Waals surface area contributed by atoms with E-state index in [9.17, 15) is 50.4 Å². The molecule has 0 fully saturated rings. The van der Waals surface area contributed by atoms with Crippen LogP contribution in [0.4, 0.5) is 73.1 Å². The first-order chi connectivity index (χ1) is 25.9. The SMILES string of the molecule is CN(C)c1ccncc1.CN(C)c1ccncc1.CN(C)c1ccncc1.CN(C)c1ccncc1.ClCCCl.ClCCCl.F[P-](F)(F)(F)(F)F.F[P-](F)(F)(F)(F)F.[Ag+].[Ag+]. The summed E-state index contributed by atoms with van der Waals surface area (Å²) < 4.78 is 118. The van der Waals surface area contributed by atoms with Crippen LogP contribution in [-0.2, 0) is 44.8 Å². The maximum absolute atomic E-state index is 10.7. The zero-order chi connectivity index (χ0) is 46.4. The minimum absolute atomic E-state index is 0. The second-order valence-electron chi connectivity index (χ2n) is 11.1. The van der Waals surface area contributed by atoms with E-state index in [1.165, 1.54) is 22.7 Å². The van der Waals surface area contributed by atoms with Crippen molar-refractivity contribution >= 4 is 84.8 Å². The van der Waals surface area contributed by atoms with E-state index in [1.54, 1.807) is 49.6 Å². The second kappa shape index (κ2) is 31.3. The molecule has 4 rings (SSSR count). The summed E-state index contributed by atoms with van der Waals surface area (Å²) in [5.41, 5.74) is 4.74. The molecule has 4 heterocycles. The summed E-state index contributed by atoms with van der Waals surface area (Å²) in [5, 5.41) is 0. The summed E-state index contributed by atoms with van der Waals surface area (Å²) in [6.45, 7) is 0. The van der Waals surface area contributed by atoms with E-state index >= 15 is 0 Å². The Bertz CT molecular complexity index is 1340. The van der Waals surface area contributed by atoms with Crippen molar-refractivity contribution in [3.8, 4) is 0 Å². The molecule has 0 N–H and O–H groups in total. The first-order valence-corrected chi connectivity index (χ1v) is 21.8. The van der Waals surface area contributed by atoms with Crippen molar-refractivity contribution in [3.63, 3.8) is 0 Å². The van der Waals surface area contributed by atoms with Gasteiger partial charge < -0.3 is 19.6 Å². The smallest absolute Gasteiger partial charge is 1.00 e. The number of nitrogens with zero attached hydrogens (tertiary/aromatic N) is 8. The molecule has 0 unspecified atom stereocenters. The van der Waals surface area contributed by atoms with Crippen molar-refractivity contribution < 1.29 is 95.1 Å². The van der Waals surface area contributed by atoms with Crippen molar-refractivity contribution in [2.45, 2.75) is 0 Å². The van der Waals surface area contributed by atoms with Gasteiger partial charge in [0.1, 0.15) is 0 Å². The van der Waals surface area contributed by atoms with E-state index < -0.39 is 15.6 Å². The quantitative estimate of drug-likeness (QED) is 0.0819. The average molecular weight is 1190 g/mol. The summed E-state index contributed by atoms with van der Waals surface area (Å²) in [6, 6.07) is 15.8. The van der Waals surface area contributed by atoms with Crippen molar-refractivity contribution in [3.05, 3.63) is 98.1 Å². The van der Waals surface area contributed by atoms with Crippen LogP contribution in [0.3, 0.4) is 0 Å². The Morgan fingerprint density at radius 1 is 0.333 bits per heavy atom. The monoisotopic (exact) mass is 1190 g/mol. The molecule has 0 spiro atoms. The molecule has 0 aliphatic rings. The first-order valence-electron chi connectivity index (χ1n) is 15.6. The molecule has 0 saturated heterocycles. The van der Waals surface area contributed by atoms with Gasteiger partial charge in [0.15, 0.2) is 0 Å². The van der Waals surface area contributed by atoms with Gasteiger partial charge in [0, 0.05) is 152 Å². The molecule has 0 saturated carbocycles. The topological polar surface area (TPSA) is 64.5 Å². The van der Waals surface area contributed by atoms with Gasteiger partial charge in [0.2, 0.25) is 0 Å². The van der Waals surface area contributed by atoms with Crippen LogP contribution in [0.1, 0.15) is 0 Å². The molecule has 0 aliphatic heterocycles. The van der Waals surface area contributed by atoms with Gasteiger partial charge in [-0.2, -0.15) is 0 Å². The summed E-state index contributed by atoms with van der Waals surface area (Å²) in [4.78, 5) is 23.8. The fourth-order valence-electron chi connectivity index (χ4n) is 2.57. The number of alkyl halides is 4. The van der Waals surface area contributed by atoms with Gasteiger partial charge in [-0.05, 0) is 48.5 Å². The number of halogens is 16. The van der Waals surface area contributed by atoms with Crippen LogP contribution < -0.4 is 19.6 Å². The third-order valence-electron chi connectivity index (χ3n) is 4.86. The minimum Gasteiger partial charge on any atom is 1.00 e. The predicted molar refractivity (Wildman–Crippen MR) is 224 cm³/mol. The van der Waals surface area contributed by atoms with Crippen LogP contribution >= 0.6 is 62.0 Å². The van der Waals surface area contributed by atoms with Crippen LogP contribution in [0.15, 0.2) is 98.1 Å². The van der Waals surface area contributed by atoms with Crippen LogP contribution in [-0.4, -0.2) is 99.8 Å². The maximum atomic E-state index is 9.87. The van der Waals surface area contributed by atoms with E-state index in [0.717, 1.165) is 0 Å². The number of anilines is 4. The molecule has 0 aromatic carbocycles. The second-order valence-corrected chi connectivity index (χ2v) is 16.4. The van der Waals surface area contributed by atoms with Gasteiger partial charge >= 0.3 is 111 Å². The number of rotatable bonds is 6. The maximum Gasteiger partial charge on any atom is 1.00 e. The summed E-state index contributed by atoms with van der Waals surface area (Å²) in [5.74, 6) is 2.23. The molecule has 360 valence electrons. The first kappa shape index (κ1) is 70.1. The molecule has 4 aromatic rings. The van der Waals surface area contributed by atoms with E-state index in [1.807, 2.05) is 125 Å². The van der Waals surface area contributed by atoms with Gasteiger partial charge in [0.05, 0.1) is 0 Å². The number of pyridine rings is 4. The molecule has 60 heavy (non-hydrogen) atoms. The minimum atomic E-state index is -10.7. The number of hydrogen-bond acceptors (Lipinski definition) is 8. The van der Waals surface area contributed by atoms with Crippen LogP contribution in [0, 0.1) is 0 Å².